The summed E-state index contributed by atoms with van der Waals surface area (Å²) in [4.78, 5) is 0. The number of nitrogens with one attached hydrogen (secondary N) is 1. The second-order valence-electron chi connectivity index (χ2n) is 3.11. The average molecular weight is 207 g/mol. The fraction of sp³-hybridized carbons (Fsp3) is 1.00. The Morgan fingerprint density at radius 3 is 2.69 bits per heavy atom. The predicted octanol–water partition coefficient (Wildman–Crippen LogP) is 0.770. The maximum Gasteiger partial charge on any atom is 0.0624 e. The maximum atomic E-state index is 11.5. The van der Waals surface area contributed by atoms with Gasteiger partial charge >= 0.3 is 0 Å². The van der Waals surface area contributed by atoms with E-state index in [-0.39, 0.29) is 6.04 Å². The molecule has 0 saturated carbocycles. The molecule has 0 aromatic carbocycles. The SMILES string of the molecule is CCCCS(=O)CC(COC)NC. The number of ether oxygens (including phenoxy) is 1. The van der Waals surface area contributed by atoms with Crippen LogP contribution in [0.3, 0.4) is 0 Å². The smallest absolute Gasteiger partial charge is 0.0624 e. The molecule has 0 aromatic heterocycles. The largest absolute Gasteiger partial charge is 0.383 e. The van der Waals surface area contributed by atoms with Gasteiger partial charge in [-0.25, -0.2) is 0 Å². The van der Waals surface area contributed by atoms with Crippen LogP contribution in [0.1, 0.15) is 19.8 Å². The molecule has 4 heteroatoms. The molecule has 0 amide bonds. The van der Waals surface area contributed by atoms with Crippen molar-refractivity contribution in [2.24, 2.45) is 0 Å². The summed E-state index contributed by atoms with van der Waals surface area (Å²) in [5.74, 6) is 1.52. The Hall–Kier alpha value is 0.0700. The second kappa shape index (κ2) is 8.66. The zero-order chi connectivity index (χ0) is 10.1. The minimum absolute atomic E-state index is 0.225. The topological polar surface area (TPSA) is 38.3 Å². The van der Waals surface area contributed by atoms with E-state index >= 15 is 0 Å². The Bertz CT molecular complexity index is 142. The van der Waals surface area contributed by atoms with E-state index in [0.29, 0.717) is 12.4 Å². The molecule has 80 valence electrons. The van der Waals surface area contributed by atoms with Crippen molar-refractivity contribution in [3.05, 3.63) is 0 Å². The van der Waals surface area contributed by atoms with Gasteiger partial charge in [0.2, 0.25) is 0 Å². The van der Waals surface area contributed by atoms with Crippen molar-refractivity contribution in [1.29, 1.82) is 0 Å². The van der Waals surface area contributed by atoms with Crippen molar-refractivity contribution in [3.8, 4) is 0 Å². The van der Waals surface area contributed by atoms with Crippen LogP contribution >= 0.6 is 0 Å². The lowest BCUT2D eigenvalue weighted by atomic mass is 10.4. The first-order valence-corrected chi connectivity index (χ1v) is 6.24. The lowest BCUT2D eigenvalue weighted by Gasteiger charge is -2.14. The van der Waals surface area contributed by atoms with E-state index in [4.69, 9.17) is 4.74 Å². The molecule has 2 atom stereocenters. The zero-order valence-electron chi connectivity index (χ0n) is 8.84. The molecule has 0 aliphatic carbocycles. The summed E-state index contributed by atoms with van der Waals surface area (Å²) < 4.78 is 16.5. The monoisotopic (exact) mass is 207 g/mol. The van der Waals surface area contributed by atoms with Gasteiger partial charge in [-0.05, 0) is 13.5 Å². The first-order chi connectivity index (χ1) is 6.24. The highest BCUT2D eigenvalue weighted by Crippen LogP contribution is 1.95. The summed E-state index contributed by atoms with van der Waals surface area (Å²) in [7, 11) is 2.85. The molecule has 0 aliphatic heterocycles. The Balaban J connectivity index is 3.60. The van der Waals surface area contributed by atoms with Crippen LogP contribution in [-0.4, -0.2) is 42.5 Å². The van der Waals surface area contributed by atoms with E-state index in [1.165, 1.54) is 0 Å². The molecule has 0 bridgehead atoms. The number of hydrogen-bond acceptors (Lipinski definition) is 3. The predicted molar refractivity (Wildman–Crippen MR) is 57.5 cm³/mol. The molecule has 0 aliphatic rings. The van der Waals surface area contributed by atoms with Gasteiger partial charge in [0.15, 0.2) is 0 Å². The minimum atomic E-state index is -0.694. The fourth-order valence-electron chi connectivity index (χ4n) is 1.03. The van der Waals surface area contributed by atoms with Gasteiger partial charge in [0.1, 0.15) is 0 Å². The van der Waals surface area contributed by atoms with Crippen LogP contribution in [0, 0.1) is 0 Å². The van der Waals surface area contributed by atoms with Gasteiger partial charge in [-0.2, -0.15) is 0 Å². The summed E-state index contributed by atoms with van der Waals surface area (Å²) in [5, 5.41) is 3.09. The van der Waals surface area contributed by atoms with Crippen molar-refractivity contribution >= 4 is 10.8 Å². The Kier molecular flexibility index (Phi) is 8.71. The molecule has 0 fully saturated rings. The molecule has 0 spiro atoms. The maximum absolute atomic E-state index is 11.5. The van der Waals surface area contributed by atoms with Crippen LogP contribution < -0.4 is 5.32 Å². The van der Waals surface area contributed by atoms with E-state index in [2.05, 4.69) is 12.2 Å². The lowest BCUT2D eigenvalue weighted by molar-refractivity contribution is 0.176. The third-order valence-electron chi connectivity index (χ3n) is 1.89. The van der Waals surface area contributed by atoms with Crippen molar-refractivity contribution in [1.82, 2.24) is 5.32 Å². The minimum Gasteiger partial charge on any atom is -0.383 e. The van der Waals surface area contributed by atoms with Gasteiger partial charge in [-0.3, -0.25) is 4.21 Å². The van der Waals surface area contributed by atoms with Gasteiger partial charge < -0.3 is 10.1 Å². The normalized spacial score (nSPS) is 15.6. The van der Waals surface area contributed by atoms with E-state index in [1.54, 1.807) is 7.11 Å². The first-order valence-electron chi connectivity index (χ1n) is 4.75. The van der Waals surface area contributed by atoms with Gasteiger partial charge in [0.25, 0.3) is 0 Å². The molecular formula is C9H21NO2S. The molecule has 1 N–H and O–H groups in total. The quantitative estimate of drug-likeness (QED) is 0.639. The highest BCUT2D eigenvalue weighted by Gasteiger charge is 2.09. The van der Waals surface area contributed by atoms with E-state index in [1.807, 2.05) is 7.05 Å². The molecule has 0 aromatic rings. The number of methoxy groups -OCH3 is 1. The number of likely N-dealkylation sites (N-methyl/N-ethyl adjacent to an activating group) is 1. The van der Waals surface area contributed by atoms with Gasteiger partial charge in [0, 0.05) is 35.5 Å². The van der Waals surface area contributed by atoms with Crippen molar-refractivity contribution in [2.75, 3.05) is 32.3 Å². The van der Waals surface area contributed by atoms with E-state index in [9.17, 15) is 4.21 Å². The highest BCUT2D eigenvalue weighted by molar-refractivity contribution is 7.85. The van der Waals surface area contributed by atoms with Gasteiger partial charge in [-0.1, -0.05) is 13.3 Å². The first kappa shape index (κ1) is 13.1. The highest BCUT2D eigenvalue weighted by atomic mass is 32.2. The molecule has 13 heavy (non-hydrogen) atoms. The molecule has 3 nitrogen and oxygen atoms in total. The Morgan fingerprint density at radius 1 is 1.54 bits per heavy atom. The molecule has 0 radical (unpaired) electrons. The number of hydrogen-bond donors (Lipinski definition) is 1. The Labute approximate surface area is 83.7 Å². The van der Waals surface area contributed by atoms with Crippen molar-refractivity contribution in [3.63, 3.8) is 0 Å². The van der Waals surface area contributed by atoms with Crippen molar-refractivity contribution < 1.29 is 8.95 Å². The second-order valence-corrected chi connectivity index (χ2v) is 4.73. The van der Waals surface area contributed by atoms with Crippen LogP contribution in [0.15, 0.2) is 0 Å². The van der Waals surface area contributed by atoms with E-state index in [0.717, 1.165) is 18.6 Å². The summed E-state index contributed by atoms with van der Waals surface area (Å²) in [6.45, 7) is 2.75. The summed E-state index contributed by atoms with van der Waals surface area (Å²) in [5.41, 5.74) is 0. The van der Waals surface area contributed by atoms with Crippen LogP contribution in [0.25, 0.3) is 0 Å². The van der Waals surface area contributed by atoms with Crippen molar-refractivity contribution in [2.45, 2.75) is 25.8 Å². The summed E-state index contributed by atoms with van der Waals surface area (Å²) in [6, 6.07) is 0.225. The summed E-state index contributed by atoms with van der Waals surface area (Å²) >= 11 is 0. The zero-order valence-corrected chi connectivity index (χ0v) is 9.65. The molecule has 0 heterocycles. The third kappa shape index (κ3) is 7.16. The lowest BCUT2D eigenvalue weighted by Crippen LogP contribution is -2.35. The van der Waals surface area contributed by atoms with Crippen LogP contribution in [-0.2, 0) is 15.5 Å². The van der Waals surface area contributed by atoms with Gasteiger partial charge in [-0.15, -0.1) is 0 Å². The molecule has 2 unspecified atom stereocenters. The number of rotatable bonds is 8. The fourth-order valence-corrected chi connectivity index (χ4v) is 2.52. The van der Waals surface area contributed by atoms with Gasteiger partial charge in [0.05, 0.1) is 6.61 Å². The van der Waals surface area contributed by atoms with Crippen LogP contribution in [0.2, 0.25) is 0 Å². The van der Waals surface area contributed by atoms with Crippen LogP contribution in [0.4, 0.5) is 0 Å². The number of unbranched alkanes of at least 4 members (excludes halogenated alkanes) is 1. The summed E-state index contributed by atoms with van der Waals surface area (Å²) in [6.07, 6.45) is 2.16. The molecule has 0 saturated heterocycles. The Morgan fingerprint density at radius 2 is 2.23 bits per heavy atom. The molecule has 0 rings (SSSR count). The van der Waals surface area contributed by atoms with Crippen LogP contribution in [0.5, 0.6) is 0 Å². The molecular weight excluding hydrogens is 186 g/mol. The standard InChI is InChI=1S/C9H21NO2S/c1-4-5-6-13(11)8-9(10-2)7-12-3/h9-10H,4-8H2,1-3H3. The third-order valence-corrected chi connectivity index (χ3v) is 3.41. The average Bonchev–Trinajstić information content (AvgIpc) is 2.14. The van der Waals surface area contributed by atoms with E-state index < -0.39 is 10.8 Å².